The number of aliphatic hydroxyl groups excluding tert-OH is 2. The van der Waals surface area contributed by atoms with Crippen LogP contribution in [0.1, 0.15) is 23.3 Å². The highest BCUT2D eigenvalue weighted by molar-refractivity contribution is 5.93. The monoisotopic (exact) mass is 287 g/mol. The van der Waals surface area contributed by atoms with Gasteiger partial charge < -0.3 is 15.5 Å². The summed E-state index contributed by atoms with van der Waals surface area (Å²) in [6, 6.07) is 7.21. The second-order valence-corrected chi connectivity index (χ2v) is 5.40. The molecule has 0 aliphatic heterocycles. The average molecular weight is 287 g/mol. The Labute approximate surface area is 121 Å². The van der Waals surface area contributed by atoms with E-state index in [0.717, 1.165) is 5.52 Å². The molecule has 1 heterocycles. The lowest BCUT2D eigenvalue weighted by Crippen LogP contribution is -2.34. The normalized spacial score (nSPS) is 25.1. The lowest BCUT2D eigenvalue weighted by molar-refractivity contribution is 0.0902. The van der Waals surface area contributed by atoms with Gasteiger partial charge in [-0.3, -0.25) is 9.78 Å². The first kappa shape index (κ1) is 13.9. The Kier molecular flexibility index (Phi) is 3.81. The van der Waals surface area contributed by atoms with E-state index in [2.05, 4.69) is 15.3 Å². The number of carbonyl (C=O) groups excluding carboxylic acids is 1. The van der Waals surface area contributed by atoms with Crippen molar-refractivity contribution in [3.8, 4) is 0 Å². The predicted octanol–water partition coefficient (Wildman–Crippen LogP) is 0.491. The molecule has 1 saturated carbocycles. The second kappa shape index (κ2) is 5.75. The number of benzene rings is 1. The Morgan fingerprint density at radius 1 is 1.29 bits per heavy atom. The molecule has 0 radical (unpaired) electrons. The van der Waals surface area contributed by atoms with Crippen LogP contribution in [0.25, 0.3) is 11.0 Å². The molecule has 1 aliphatic rings. The summed E-state index contributed by atoms with van der Waals surface area (Å²) >= 11 is 0. The molecular weight excluding hydrogens is 270 g/mol. The van der Waals surface area contributed by atoms with Crippen molar-refractivity contribution in [1.82, 2.24) is 15.3 Å². The fourth-order valence-corrected chi connectivity index (χ4v) is 2.74. The maximum Gasteiger partial charge on any atom is 0.271 e. The van der Waals surface area contributed by atoms with Crippen LogP contribution in [0.3, 0.4) is 0 Å². The fourth-order valence-electron chi connectivity index (χ4n) is 2.74. The van der Waals surface area contributed by atoms with Crippen LogP contribution in [0.2, 0.25) is 0 Å². The summed E-state index contributed by atoms with van der Waals surface area (Å²) in [6.07, 6.45) is 1.91. The summed E-state index contributed by atoms with van der Waals surface area (Å²) in [6.45, 7) is -0.0662. The summed E-state index contributed by atoms with van der Waals surface area (Å²) in [4.78, 5) is 20.7. The number of nitrogens with zero attached hydrogens (tertiary/aromatic N) is 2. The van der Waals surface area contributed by atoms with E-state index in [-0.39, 0.29) is 30.2 Å². The van der Waals surface area contributed by atoms with Gasteiger partial charge in [0.15, 0.2) is 0 Å². The molecule has 2 aromatic rings. The van der Waals surface area contributed by atoms with Crippen LogP contribution in [0, 0.1) is 5.92 Å². The molecule has 110 valence electrons. The molecule has 21 heavy (non-hydrogen) atoms. The molecule has 0 bridgehead atoms. The van der Waals surface area contributed by atoms with Gasteiger partial charge in [0.2, 0.25) is 0 Å². The number of fused-ring (bicyclic) bond motifs is 1. The molecule has 0 unspecified atom stereocenters. The minimum Gasteiger partial charge on any atom is -0.396 e. The van der Waals surface area contributed by atoms with E-state index in [4.69, 9.17) is 5.11 Å². The van der Waals surface area contributed by atoms with Gasteiger partial charge in [0.1, 0.15) is 5.69 Å². The van der Waals surface area contributed by atoms with E-state index in [9.17, 15) is 9.90 Å². The third-order valence-corrected chi connectivity index (χ3v) is 3.91. The summed E-state index contributed by atoms with van der Waals surface area (Å²) in [5.41, 5.74) is 1.67. The molecule has 1 aromatic carbocycles. The van der Waals surface area contributed by atoms with E-state index in [0.29, 0.717) is 18.4 Å². The first-order valence-electron chi connectivity index (χ1n) is 6.99. The second-order valence-electron chi connectivity index (χ2n) is 5.40. The van der Waals surface area contributed by atoms with Gasteiger partial charge in [-0.15, -0.1) is 0 Å². The zero-order valence-corrected chi connectivity index (χ0v) is 11.4. The van der Waals surface area contributed by atoms with Crippen LogP contribution >= 0.6 is 0 Å². The predicted molar refractivity (Wildman–Crippen MR) is 76.6 cm³/mol. The minimum absolute atomic E-state index is 0.0662. The number of para-hydroxylation sites is 2. The maximum absolute atomic E-state index is 12.2. The van der Waals surface area contributed by atoms with Crippen molar-refractivity contribution in [1.29, 1.82) is 0 Å². The van der Waals surface area contributed by atoms with E-state index in [1.807, 2.05) is 18.2 Å². The van der Waals surface area contributed by atoms with E-state index >= 15 is 0 Å². The molecule has 0 spiro atoms. The minimum atomic E-state index is -0.567. The molecule has 3 N–H and O–H groups in total. The zero-order valence-electron chi connectivity index (χ0n) is 11.4. The molecule has 3 atom stereocenters. The molecule has 1 amide bonds. The highest BCUT2D eigenvalue weighted by Crippen LogP contribution is 2.25. The van der Waals surface area contributed by atoms with Gasteiger partial charge in [-0.25, -0.2) is 4.98 Å². The summed E-state index contributed by atoms with van der Waals surface area (Å²) < 4.78 is 0. The Hall–Kier alpha value is -2.05. The highest BCUT2D eigenvalue weighted by atomic mass is 16.3. The number of amides is 1. The van der Waals surface area contributed by atoms with E-state index in [1.54, 1.807) is 6.07 Å². The number of aliphatic hydroxyl groups is 2. The molecule has 6 heteroatoms. The van der Waals surface area contributed by atoms with Gasteiger partial charge in [-0.2, -0.15) is 0 Å². The fraction of sp³-hybridized carbons (Fsp3) is 0.400. The van der Waals surface area contributed by atoms with Gasteiger partial charge in [0.05, 0.1) is 23.3 Å². The summed E-state index contributed by atoms with van der Waals surface area (Å²) in [5.74, 6) is -0.470. The van der Waals surface area contributed by atoms with Crippen molar-refractivity contribution in [3.05, 3.63) is 36.2 Å². The number of nitrogens with one attached hydrogen (secondary N) is 1. The van der Waals surface area contributed by atoms with Crippen molar-refractivity contribution in [2.45, 2.75) is 25.0 Å². The Bertz CT molecular complexity index is 661. The number of aromatic nitrogens is 2. The van der Waals surface area contributed by atoms with Crippen LogP contribution < -0.4 is 5.32 Å². The van der Waals surface area contributed by atoms with Gasteiger partial charge >= 0.3 is 0 Å². The molecule has 1 aromatic heterocycles. The van der Waals surface area contributed by atoms with Crippen molar-refractivity contribution in [2.75, 3.05) is 6.61 Å². The molecular formula is C15H17N3O3. The largest absolute Gasteiger partial charge is 0.396 e. The number of hydrogen-bond donors (Lipinski definition) is 3. The first-order valence-corrected chi connectivity index (χ1v) is 6.99. The van der Waals surface area contributed by atoms with Crippen molar-refractivity contribution in [3.63, 3.8) is 0 Å². The van der Waals surface area contributed by atoms with Crippen LogP contribution in [0.5, 0.6) is 0 Å². The lowest BCUT2D eigenvalue weighted by Gasteiger charge is -2.12. The van der Waals surface area contributed by atoms with Crippen molar-refractivity contribution in [2.24, 2.45) is 5.92 Å². The molecule has 1 fully saturated rings. The number of rotatable bonds is 3. The van der Waals surface area contributed by atoms with Crippen molar-refractivity contribution < 1.29 is 15.0 Å². The Balaban J connectivity index is 1.72. The van der Waals surface area contributed by atoms with E-state index < -0.39 is 6.10 Å². The van der Waals surface area contributed by atoms with Gasteiger partial charge in [-0.1, -0.05) is 12.1 Å². The lowest BCUT2D eigenvalue weighted by atomic mass is 10.1. The maximum atomic E-state index is 12.2. The smallest absolute Gasteiger partial charge is 0.271 e. The Morgan fingerprint density at radius 2 is 2.05 bits per heavy atom. The zero-order chi connectivity index (χ0) is 14.8. The molecule has 6 nitrogen and oxygen atoms in total. The topological polar surface area (TPSA) is 95.3 Å². The molecule has 0 saturated heterocycles. The van der Waals surface area contributed by atoms with Crippen LogP contribution in [-0.4, -0.2) is 44.8 Å². The Morgan fingerprint density at radius 3 is 2.76 bits per heavy atom. The van der Waals surface area contributed by atoms with Gasteiger partial charge in [0.25, 0.3) is 5.91 Å². The van der Waals surface area contributed by atoms with Crippen molar-refractivity contribution >= 4 is 16.9 Å². The quantitative estimate of drug-likeness (QED) is 0.763. The standard InChI is InChI=1S/C15H17N3O3/c19-8-9-5-10(6-14(9)20)17-15(21)13-7-16-11-3-1-2-4-12(11)18-13/h1-4,7,9-10,14,19-20H,5-6,8H2,(H,17,21)/t9-,10-,14+/m0/s1. The molecule has 3 rings (SSSR count). The van der Waals surface area contributed by atoms with Gasteiger partial charge in [-0.05, 0) is 25.0 Å². The van der Waals surface area contributed by atoms with Crippen LogP contribution in [0.15, 0.2) is 30.5 Å². The summed E-state index contributed by atoms with van der Waals surface area (Å²) in [7, 11) is 0. The van der Waals surface area contributed by atoms with Crippen LogP contribution in [0.4, 0.5) is 0 Å². The van der Waals surface area contributed by atoms with Crippen LogP contribution in [-0.2, 0) is 0 Å². The average Bonchev–Trinajstić information content (AvgIpc) is 2.86. The SMILES string of the molecule is O=C(N[C@H]1C[C@@H](CO)[C@H](O)C1)c1cnc2ccccc2n1. The number of hydrogen-bond acceptors (Lipinski definition) is 5. The third kappa shape index (κ3) is 2.86. The van der Waals surface area contributed by atoms with E-state index in [1.165, 1.54) is 6.20 Å². The summed E-state index contributed by atoms with van der Waals surface area (Å²) in [5, 5.41) is 21.7. The van der Waals surface area contributed by atoms with Gasteiger partial charge in [0, 0.05) is 18.6 Å². The number of carbonyl (C=O) groups is 1. The highest BCUT2D eigenvalue weighted by Gasteiger charge is 2.33. The first-order chi connectivity index (χ1) is 10.2. The third-order valence-electron chi connectivity index (χ3n) is 3.91. The molecule has 1 aliphatic carbocycles.